The largest absolute Gasteiger partial charge is 0.504 e. The minimum Gasteiger partial charge on any atom is -0.504 e. The van der Waals surface area contributed by atoms with E-state index in [2.05, 4.69) is 10.4 Å². The van der Waals surface area contributed by atoms with Crippen molar-refractivity contribution in [1.29, 1.82) is 0 Å². The van der Waals surface area contributed by atoms with Crippen LogP contribution in [0.5, 0.6) is 11.5 Å². The zero-order valence-electron chi connectivity index (χ0n) is 11.3. The Morgan fingerprint density at radius 2 is 2.26 bits per heavy atom. The third kappa shape index (κ3) is 3.72. The van der Waals surface area contributed by atoms with Crippen LogP contribution in [0, 0.1) is 6.92 Å². The summed E-state index contributed by atoms with van der Waals surface area (Å²) in [6, 6.07) is 5.36. The molecule has 0 unspecified atom stereocenters. The molecular weight excluding hydrogens is 242 g/mol. The summed E-state index contributed by atoms with van der Waals surface area (Å²) in [6.07, 6.45) is 3.87. The number of hydrogen-bond donors (Lipinski definition) is 2. The second-order valence-electron chi connectivity index (χ2n) is 4.46. The van der Waals surface area contributed by atoms with Gasteiger partial charge in [-0.2, -0.15) is 5.10 Å². The van der Waals surface area contributed by atoms with E-state index in [-0.39, 0.29) is 5.75 Å². The van der Waals surface area contributed by atoms with Crippen molar-refractivity contribution in [2.45, 2.75) is 20.0 Å². The van der Waals surface area contributed by atoms with Crippen LogP contribution in [0.4, 0.5) is 0 Å². The highest BCUT2D eigenvalue weighted by Gasteiger charge is 2.02. The molecule has 0 spiro atoms. The lowest BCUT2D eigenvalue weighted by molar-refractivity contribution is 0.372. The molecule has 0 atom stereocenters. The van der Waals surface area contributed by atoms with Crippen molar-refractivity contribution in [3.05, 3.63) is 41.7 Å². The quantitative estimate of drug-likeness (QED) is 0.777. The van der Waals surface area contributed by atoms with Crippen LogP contribution in [0.25, 0.3) is 0 Å². The molecule has 2 aromatic rings. The van der Waals surface area contributed by atoms with Gasteiger partial charge < -0.3 is 15.2 Å². The van der Waals surface area contributed by atoms with Gasteiger partial charge in [-0.25, -0.2) is 0 Å². The number of ether oxygens (including phenoxy) is 1. The molecular formula is C14H19N3O2. The lowest BCUT2D eigenvalue weighted by Crippen LogP contribution is -2.19. The fourth-order valence-electron chi connectivity index (χ4n) is 1.85. The van der Waals surface area contributed by atoms with Crippen molar-refractivity contribution >= 4 is 0 Å². The fraction of sp³-hybridized carbons (Fsp3) is 0.357. The normalized spacial score (nSPS) is 10.6. The number of benzene rings is 1. The Balaban J connectivity index is 1.79. The van der Waals surface area contributed by atoms with E-state index in [4.69, 9.17) is 4.74 Å². The number of phenolic OH excluding ortho intramolecular Hbond substituents is 1. The van der Waals surface area contributed by atoms with Gasteiger partial charge in [-0.1, -0.05) is 6.07 Å². The molecule has 5 heteroatoms. The van der Waals surface area contributed by atoms with Gasteiger partial charge in [0.05, 0.1) is 19.9 Å². The molecule has 0 saturated heterocycles. The van der Waals surface area contributed by atoms with E-state index in [1.807, 2.05) is 36.1 Å². The maximum atomic E-state index is 9.50. The summed E-state index contributed by atoms with van der Waals surface area (Å²) in [6.45, 7) is 4.43. The van der Waals surface area contributed by atoms with Gasteiger partial charge in [0.2, 0.25) is 0 Å². The molecule has 2 N–H and O–H groups in total. The first kappa shape index (κ1) is 13.4. The zero-order chi connectivity index (χ0) is 13.7. The number of aryl methyl sites for hydroxylation is 1. The van der Waals surface area contributed by atoms with Gasteiger partial charge in [0, 0.05) is 19.3 Å². The summed E-state index contributed by atoms with van der Waals surface area (Å²) in [5.41, 5.74) is 2.24. The van der Waals surface area contributed by atoms with Crippen LogP contribution in [-0.2, 0) is 13.1 Å². The number of nitrogens with one attached hydrogen (secondary N) is 1. The Kier molecular flexibility index (Phi) is 4.41. The number of rotatable bonds is 6. The molecule has 19 heavy (non-hydrogen) atoms. The number of phenols is 1. The first-order valence-electron chi connectivity index (χ1n) is 6.24. The predicted molar refractivity (Wildman–Crippen MR) is 73.3 cm³/mol. The van der Waals surface area contributed by atoms with Crippen molar-refractivity contribution in [3.63, 3.8) is 0 Å². The van der Waals surface area contributed by atoms with Gasteiger partial charge in [0.15, 0.2) is 11.5 Å². The molecule has 0 aliphatic rings. The minimum absolute atomic E-state index is 0.165. The highest BCUT2D eigenvalue weighted by molar-refractivity contribution is 5.41. The molecule has 1 aromatic heterocycles. The summed E-state index contributed by atoms with van der Waals surface area (Å²) in [5.74, 6) is 0.667. The van der Waals surface area contributed by atoms with E-state index < -0.39 is 0 Å². The Morgan fingerprint density at radius 3 is 2.95 bits per heavy atom. The monoisotopic (exact) mass is 261 g/mol. The highest BCUT2D eigenvalue weighted by atomic mass is 16.5. The number of aromatic hydroxyl groups is 1. The lowest BCUT2D eigenvalue weighted by atomic mass is 10.2. The van der Waals surface area contributed by atoms with Crippen LogP contribution in [-0.4, -0.2) is 28.5 Å². The molecule has 0 aliphatic heterocycles. The maximum Gasteiger partial charge on any atom is 0.160 e. The Bertz CT molecular complexity index is 537. The Labute approximate surface area is 112 Å². The molecule has 0 radical (unpaired) electrons. The number of aromatic nitrogens is 2. The van der Waals surface area contributed by atoms with Crippen molar-refractivity contribution < 1.29 is 9.84 Å². The SMILES string of the molecule is COc1cc(CNCCn2cc(C)cn2)ccc1O. The maximum absolute atomic E-state index is 9.50. The Hall–Kier alpha value is -2.01. The fourth-order valence-corrected chi connectivity index (χ4v) is 1.85. The molecule has 1 heterocycles. The van der Waals surface area contributed by atoms with Crippen LogP contribution in [0.15, 0.2) is 30.6 Å². The zero-order valence-corrected chi connectivity index (χ0v) is 11.3. The van der Waals surface area contributed by atoms with Gasteiger partial charge in [0.25, 0.3) is 0 Å². The van der Waals surface area contributed by atoms with Crippen LogP contribution in [0.2, 0.25) is 0 Å². The smallest absolute Gasteiger partial charge is 0.160 e. The van der Waals surface area contributed by atoms with Crippen molar-refractivity contribution in [3.8, 4) is 11.5 Å². The van der Waals surface area contributed by atoms with E-state index in [1.165, 1.54) is 5.56 Å². The van der Waals surface area contributed by atoms with Gasteiger partial charge in [0.1, 0.15) is 0 Å². The lowest BCUT2D eigenvalue weighted by Gasteiger charge is -2.08. The predicted octanol–water partition coefficient (Wildman–Crippen LogP) is 1.70. The minimum atomic E-state index is 0.165. The van der Waals surface area contributed by atoms with Gasteiger partial charge in [-0.05, 0) is 30.2 Å². The molecule has 0 bridgehead atoms. The summed E-state index contributed by atoms with van der Waals surface area (Å²) in [7, 11) is 1.55. The molecule has 0 aliphatic carbocycles. The standard InChI is InChI=1S/C14H19N3O2/c1-11-8-16-17(10-11)6-5-15-9-12-3-4-13(18)14(7-12)19-2/h3-4,7-8,10,15,18H,5-6,9H2,1-2H3. The molecule has 0 fully saturated rings. The summed E-state index contributed by atoms with van der Waals surface area (Å²) < 4.78 is 6.99. The molecule has 0 saturated carbocycles. The third-order valence-electron chi connectivity index (χ3n) is 2.85. The van der Waals surface area contributed by atoms with E-state index in [9.17, 15) is 5.11 Å². The topological polar surface area (TPSA) is 59.3 Å². The average Bonchev–Trinajstić information content (AvgIpc) is 2.82. The van der Waals surface area contributed by atoms with Crippen molar-refractivity contribution in [2.24, 2.45) is 0 Å². The second kappa shape index (κ2) is 6.24. The number of hydrogen-bond acceptors (Lipinski definition) is 4. The van der Waals surface area contributed by atoms with Gasteiger partial charge in [-0.3, -0.25) is 4.68 Å². The number of methoxy groups -OCH3 is 1. The van der Waals surface area contributed by atoms with Crippen LogP contribution in [0.3, 0.4) is 0 Å². The molecule has 2 rings (SSSR count). The molecule has 5 nitrogen and oxygen atoms in total. The van der Waals surface area contributed by atoms with Crippen molar-refractivity contribution in [2.75, 3.05) is 13.7 Å². The van der Waals surface area contributed by atoms with Gasteiger partial charge in [-0.15, -0.1) is 0 Å². The summed E-state index contributed by atoms with van der Waals surface area (Å²) in [4.78, 5) is 0. The van der Waals surface area contributed by atoms with Crippen LogP contribution >= 0.6 is 0 Å². The highest BCUT2D eigenvalue weighted by Crippen LogP contribution is 2.25. The third-order valence-corrected chi connectivity index (χ3v) is 2.85. The number of nitrogens with zero attached hydrogens (tertiary/aromatic N) is 2. The summed E-state index contributed by atoms with van der Waals surface area (Å²) in [5, 5.41) is 17.1. The van der Waals surface area contributed by atoms with E-state index in [0.717, 1.165) is 25.2 Å². The van der Waals surface area contributed by atoms with Crippen molar-refractivity contribution in [1.82, 2.24) is 15.1 Å². The van der Waals surface area contributed by atoms with Crippen LogP contribution in [0.1, 0.15) is 11.1 Å². The molecule has 0 amide bonds. The average molecular weight is 261 g/mol. The first-order valence-corrected chi connectivity index (χ1v) is 6.24. The summed E-state index contributed by atoms with van der Waals surface area (Å²) >= 11 is 0. The first-order chi connectivity index (χ1) is 9.19. The Morgan fingerprint density at radius 1 is 1.42 bits per heavy atom. The van der Waals surface area contributed by atoms with Gasteiger partial charge >= 0.3 is 0 Å². The molecule has 1 aromatic carbocycles. The van der Waals surface area contributed by atoms with E-state index in [0.29, 0.717) is 5.75 Å². The van der Waals surface area contributed by atoms with E-state index >= 15 is 0 Å². The molecule has 102 valence electrons. The van der Waals surface area contributed by atoms with E-state index in [1.54, 1.807) is 13.2 Å². The van der Waals surface area contributed by atoms with Crippen LogP contribution < -0.4 is 10.1 Å². The second-order valence-corrected chi connectivity index (χ2v) is 4.46.